The van der Waals surface area contributed by atoms with Gasteiger partial charge < -0.3 is 19.9 Å². The molecule has 1 aliphatic carbocycles. The lowest BCUT2D eigenvalue weighted by molar-refractivity contribution is -0.132. The Bertz CT molecular complexity index is 979. The summed E-state index contributed by atoms with van der Waals surface area (Å²) in [5.41, 5.74) is 1.27. The van der Waals surface area contributed by atoms with Crippen LogP contribution in [-0.4, -0.2) is 65.3 Å². The molecule has 0 atom stereocenters. The van der Waals surface area contributed by atoms with Gasteiger partial charge in [0.1, 0.15) is 12.3 Å². The van der Waals surface area contributed by atoms with Crippen molar-refractivity contribution in [2.24, 2.45) is 4.99 Å². The molecule has 1 aromatic carbocycles. The van der Waals surface area contributed by atoms with Gasteiger partial charge in [-0.2, -0.15) is 0 Å². The van der Waals surface area contributed by atoms with E-state index in [9.17, 15) is 14.4 Å². The normalized spacial score (nSPS) is 16.0. The average Bonchev–Trinajstić information content (AvgIpc) is 2.80. The summed E-state index contributed by atoms with van der Waals surface area (Å²) in [7, 11) is 1.92. The highest BCUT2D eigenvalue weighted by Gasteiger charge is 2.25. The Labute approximate surface area is 214 Å². The number of nitrogens with one attached hydrogen (secondary N) is 2. The van der Waals surface area contributed by atoms with Crippen LogP contribution in [0.25, 0.3) is 0 Å². The Morgan fingerprint density at radius 3 is 2.56 bits per heavy atom. The molecule has 0 bridgehead atoms. The Balaban J connectivity index is 1.57. The second-order valence-corrected chi connectivity index (χ2v) is 10.8. The van der Waals surface area contributed by atoms with Crippen molar-refractivity contribution < 1.29 is 19.1 Å². The quantitative estimate of drug-likeness (QED) is 0.533. The Kier molecular flexibility index (Phi) is 9.34. The first-order valence-electron chi connectivity index (χ1n) is 13.0. The fourth-order valence-corrected chi connectivity index (χ4v) is 4.64. The number of hydrogen-bond donors (Lipinski definition) is 2. The van der Waals surface area contributed by atoms with Crippen LogP contribution in [0, 0.1) is 0 Å². The van der Waals surface area contributed by atoms with Crippen LogP contribution in [0.5, 0.6) is 5.75 Å². The van der Waals surface area contributed by atoms with Crippen LogP contribution in [-0.2, 0) is 20.9 Å². The van der Waals surface area contributed by atoms with Gasteiger partial charge in [-0.1, -0.05) is 19.3 Å². The number of nitrogens with zero attached hydrogens (tertiary/aromatic N) is 3. The number of hydrogen-bond acceptors (Lipinski definition) is 6. The molecule has 1 fully saturated rings. The highest BCUT2D eigenvalue weighted by Crippen LogP contribution is 2.30. The SMILES string of the molecule is CC(=O)NC1=Nc2ccc(OCCCC(=O)N(C)C3CCCCC3)cc2CN1CC(=O)NC(C)(C)C. The van der Waals surface area contributed by atoms with E-state index >= 15 is 0 Å². The Morgan fingerprint density at radius 1 is 1.17 bits per heavy atom. The van der Waals surface area contributed by atoms with E-state index in [1.54, 1.807) is 4.90 Å². The Morgan fingerprint density at radius 2 is 1.89 bits per heavy atom. The number of ether oxygens (including phenoxy) is 1. The molecule has 0 saturated heterocycles. The van der Waals surface area contributed by atoms with Gasteiger partial charge in [-0.3, -0.25) is 19.7 Å². The summed E-state index contributed by atoms with van der Waals surface area (Å²) >= 11 is 0. The molecular formula is C27H41N5O4. The third kappa shape index (κ3) is 8.24. The number of amides is 3. The molecule has 1 aliphatic heterocycles. The summed E-state index contributed by atoms with van der Waals surface area (Å²) in [4.78, 5) is 45.0. The fourth-order valence-electron chi connectivity index (χ4n) is 4.64. The van der Waals surface area contributed by atoms with Gasteiger partial charge in [0.25, 0.3) is 0 Å². The zero-order valence-corrected chi connectivity index (χ0v) is 22.4. The third-order valence-electron chi connectivity index (χ3n) is 6.39. The van der Waals surface area contributed by atoms with E-state index < -0.39 is 0 Å². The molecule has 2 aliphatic rings. The second-order valence-electron chi connectivity index (χ2n) is 10.8. The molecule has 36 heavy (non-hydrogen) atoms. The number of fused-ring (bicyclic) bond motifs is 1. The van der Waals surface area contributed by atoms with Crippen molar-refractivity contribution in [3.8, 4) is 5.75 Å². The maximum Gasteiger partial charge on any atom is 0.240 e. The van der Waals surface area contributed by atoms with Gasteiger partial charge in [-0.05, 0) is 58.2 Å². The van der Waals surface area contributed by atoms with Crippen molar-refractivity contribution in [1.82, 2.24) is 20.4 Å². The van der Waals surface area contributed by atoms with Crippen molar-refractivity contribution >= 4 is 29.4 Å². The molecule has 1 aromatic rings. The van der Waals surface area contributed by atoms with E-state index in [0.717, 1.165) is 24.1 Å². The van der Waals surface area contributed by atoms with E-state index in [1.165, 1.54) is 26.2 Å². The zero-order chi connectivity index (χ0) is 26.3. The van der Waals surface area contributed by atoms with Crippen LogP contribution < -0.4 is 15.4 Å². The molecule has 3 amide bonds. The van der Waals surface area contributed by atoms with Gasteiger partial charge in [0.05, 0.1) is 12.3 Å². The lowest BCUT2D eigenvalue weighted by Gasteiger charge is -2.31. The van der Waals surface area contributed by atoms with Crippen molar-refractivity contribution in [3.63, 3.8) is 0 Å². The van der Waals surface area contributed by atoms with Crippen molar-refractivity contribution in [2.75, 3.05) is 20.2 Å². The van der Waals surface area contributed by atoms with Gasteiger partial charge in [-0.15, -0.1) is 0 Å². The molecule has 3 rings (SSSR count). The topological polar surface area (TPSA) is 103 Å². The monoisotopic (exact) mass is 499 g/mol. The van der Waals surface area contributed by atoms with E-state index in [1.807, 2.05) is 50.9 Å². The first kappa shape index (κ1) is 27.5. The molecule has 0 unspecified atom stereocenters. The summed E-state index contributed by atoms with van der Waals surface area (Å²) in [6.45, 7) is 8.10. The van der Waals surface area contributed by atoms with Crippen LogP contribution in [0.1, 0.15) is 78.2 Å². The molecule has 2 N–H and O–H groups in total. The van der Waals surface area contributed by atoms with Gasteiger partial charge in [0.2, 0.25) is 23.7 Å². The van der Waals surface area contributed by atoms with Gasteiger partial charge in [0.15, 0.2) is 0 Å². The third-order valence-corrected chi connectivity index (χ3v) is 6.39. The molecule has 198 valence electrons. The molecule has 0 spiro atoms. The summed E-state index contributed by atoms with van der Waals surface area (Å²) < 4.78 is 5.93. The van der Waals surface area contributed by atoms with Crippen LogP contribution in [0.4, 0.5) is 5.69 Å². The molecule has 0 radical (unpaired) electrons. The van der Waals surface area contributed by atoms with Crippen molar-refractivity contribution in [1.29, 1.82) is 0 Å². The second kappa shape index (κ2) is 12.2. The lowest BCUT2D eigenvalue weighted by Crippen LogP contribution is -2.51. The molecule has 9 nitrogen and oxygen atoms in total. The summed E-state index contributed by atoms with van der Waals surface area (Å²) in [6, 6.07) is 5.98. The predicted octanol–water partition coefficient (Wildman–Crippen LogP) is 3.49. The maximum atomic E-state index is 12.6. The van der Waals surface area contributed by atoms with E-state index in [0.29, 0.717) is 43.7 Å². The molecule has 1 heterocycles. The maximum absolute atomic E-state index is 12.6. The largest absolute Gasteiger partial charge is 0.494 e. The smallest absolute Gasteiger partial charge is 0.240 e. The number of aliphatic imine (C=N–C) groups is 1. The standard InChI is InChI=1S/C27H41N5O4/c1-19(33)28-26-29-23-14-13-22(16-20(23)17-32(26)18-24(34)30-27(2,3)4)36-15-9-12-25(35)31(5)21-10-7-6-8-11-21/h13-14,16,21H,6-12,15,17-18H2,1-5H3,(H,30,34)(H,28,29,33). The van der Waals surface area contributed by atoms with E-state index in [2.05, 4.69) is 15.6 Å². The van der Waals surface area contributed by atoms with Gasteiger partial charge in [-0.25, -0.2) is 4.99 Å². The first-order chi connectivity index (χ1) is 17.0. The first-order valence-corrected chi connectivity index (χ1v) is 13.0. The molecular weight excluding hydrogens is 458 g/mol. The number of benzene rings is 1. The summed E-state index contributed by atoms with van der Waals surface area (Å²) in [5.74, 6) is 0.828. The van der Waals surface area contributed by atoms with E-state index in [-0.39, 0.29) is 29.8 Å². The van der Waals surface area contributed by atoms with Gasteiger partial charge in [0, 0.05) is 44.1 Å². The highest BCUT2D eigenvalue weighted by molar-refractivity contribution is 5.99. The lowest BCUT2D eigenvalue weighted by atomic mass is 9.94. The van der Waals surface area contributed by atoms with E-state index in [4.69, 9.17) is 4.74 Å². The zero-order valence-electron chi connectivity index (χ0n) is 22.4. The number of carbonyl (C=O) groups excluding carboxylic acids is 3. The molecule has 9 heteroatoms. The summed E-state index contributed by atoms with van der Waals surface area (Å²) in [5, 5.41) is 5.67. The van der Waals surface area contributed by atoms with Crippen LogP contribution in [0.2, 0.25) is 0 Å². The minimum atomic E-state index is -0.357. The highest BCUT2D eigenvalue weighted by atomic mass is 16.5. The number of carbonyl (C=O) groups is 3. The van der Waals surface area contributed by atoms with Crippen LogP contribution >= 0.6 is 0 Å². The fraction of sp³-hybridized carbons (Fsp3) is 0.630. The molecule has 1 saturated carbocycles. The molecule has 0 aromatic heterocycles. The average molecular weight is 500 g/mol. The summed E-state index contributed by atoms with van der Waals surface area (Å²) in [6.07, 6.45) is 7.02. The van der Waals surface area contributed by atoms with Crippen molar-refractivity contribution in [2.45, 2.75) is 90.8 Å². The minimum Gasteiger partial charge on any atom is -0.494 e. The minimum absolute atomic E-state index is 0.0670. The van der Waals surface area contributed by atoms with Crippen molar-refractivity contribution in [3.05, 3.63) is 23.8 Å². The van der Waals surface area contributed by atoms with Crippen LogP contribution in [0.3, 0.4) is 0 Å². The number of rotatable bonds is 8. The predicted molar refractivity (Wildman–Crippen MR) is 140 cm³/mol. The number of guanidine groups is 1. The van der Waals surface area contributed by atoms with Crippen LogP contribution in [0.15, 0.2) is 23.2 Å². The van der Waals surface area contributed by atoms with Gasteiger partial charge >= 0.3 is 0 Å². The Hall–Kier alpha value is -3.10.